The van der Waals surface area contributed by atoms with Crippen molar-refractivity contribution in [3.05, 3.63) is 0 Å². The number of carbonyl (C=O) groups is 1. The second-order valence-electron chi connectivity index (χ2n) is 4.20. The fraction of sp³-hybridized carbons (Fsp3) is 0.889. The number of halogens is 3. The number of likely N-dealkylation sites (tertiary alicyclic amines) is 1. The molecule has 3 nitrogen and oxygen atoms in total. The van der Waals surface area contributed by atoms with Crippen molar-refractivity contribution < 1.29 is 18.0 Å². The van der Waals surface area contributed by atoms with Crippen LogP contribution in [0.1, 0.15) is 19.3 Å². The van der Waals surface area contributed by atoms with Gasteiger partial charge in [-0.2, -0.15) is 0 Å². The fourth-order valence-electron chi connectivity index (χ4n) is 2.43. The molecule has 1 N–H and O–H groups in total. The molecule has 1 amide bonds. The van der Waals surface area contributed by atoms with Gasteiger partial charge in [-0.1, -0.05) is 0 Å². The molecule has 2 aliphatic rings. The molecule has 1 spiro atoms. The van der Waals surface area contributed by atoms with E-state index in [4.69, 9.17) is 0 Å². The highest BCUT2D eigenvalue weighted by Crippen LogP contribution is 2.43. The van der Waals surface area contributed by atoms with Crippen LogP contribution < -0.4 is 5.32 Å². The van der Waals surface area contributed by atoms with Crippen molar-refractivity contribution in [3.8, 4) is 0 Å². The van der Waals surface area contributed by atoms with Gasteiger partial charge in [0.25, 0.3) is 0 Å². The number of nitrogens with one attached hydrogen (secondary N) is 1. The van der Waals surface area contributed by atoms with Crippen molar-refractivity contribution in [1.82, 2.24) is 10.2 Å². The summed E-state index contributed by atoms with van der Waals surface area (Å²) in [6.45, 7) is 1.09. The van der Waals surface area contributed by atoms with Gasteiger partial charge in [-0.05, 0) is 32.4 Å². The van der Waals surface area contributed by atoms with Gasteiger partial charge in [0, 0.05) is 6.54 Å². The van der Waals surface area contributed by atoms with Gasteiger partial charge in [0.1, 0.15) is 0 Å². The van der Waals surface area contributed by atoms with Crippen molar-refractivity contribution >= 4 is 5.91 Å². The highest BCUT2D eigenvalue weighted by Gasteiger charge is 2.54. The van der Waals surface area contributed by atoms with Gasteiger partial charge in [0.05, 0.1) is 5.41 Å². The quantitative estimate of drug-likeness (QED) is 0.623. The number of amides is 1. The van der Waals surface area contributed by atoms with E-state index < -0.39 is 17.6 Å². The number of hydrogen-bond acceptors (Lipinski definition) is 2. The zero-order chi connectivity index (χ0) is 11.1. The van der Waals surface area contributed by atoms with E-state index in [1.54, 1.807) is 0 Å². The lowest BCUT2D eigenvalue weighted by atomic mass is 9.78. The van der Waals surface area contributed by atoms with Gasteiger partial charge in [-0.3, -0.25) is 9.69 Å². The molecule has 2 heterocycles. The molecule has 86 valence electrons. The molecule has 0 aromatic heterocycles. The average Bonchev–Trinajstić information content (AvgIpc) is 2.45. The van der Waals surface area contributed by atoms with Crippen LogP contribution in [0.25, 0.3) is 0 Å². The summed E-state index contributed by atoms with van der Waals surface area (Å²) in [5.74, 6) is -0.725. The summed E-state index contributed by atoms with van der Waals surface area (Å²) in [6.07, 6.45) is -3.12. The Kier molecular flexibility index (Phi) is 2.41. The number of rotatable bonds is 0. The van der Waals surface area contributed by atoms with Crippen LogP contribution in [0.4, 0.5) is 13.2 Å². The maximum Gasteiger partial charge on any atom is 0.487 e. The van der Waals surface area contributed by atoms with E-state index in [1.165, 1.54) is 0 Å². The molecule has 15 heavy (non-hydrogen) atoms. The van der Waals surface area contributed by atoms with Crippen LogP contribution in [0, 0.1) is 5.41 Å². The highest BCUT2D eigenvalue weighted by atomic mass is 19.4. The molecular weight excluding hydrogens is 209 g/mol. The van der Waals surface area contributed by atoms with Crippen LogP contribution in [0.5, 0.6) is 0 Å². The van der Waals surface area contributed by atoms with Crippen molar-refractivity contribution in [1.29, 1.82) is 0 Å². The van der Waals surface area contributed by atoms with Crippen LogP contribution in [-0.2, 0) is 4.79 Å². The van der Waals surface area contributed by atoms with Gasteiger partial charge < -0.3 is 5.32 Å². The molecule has 0 saturated carbocycles. The van der Waals surface area contributed by atoms with E-state index in [1.807, 2.05) is 0 Å². The summed E-state index contributed by atoms with van der Waals surface area (Å²) < 4.78 is 37.3. The molecule has 0 aromatic carbocycles. The monoisotopic (exact) mass is 222 g/mol. The van der Waals surface area contributed by atoms with Gasteiger partial charge in [-0.25, -0.2) is 0 Å². The Labute approximate surface area is 85.6 Å². The molecule has 0 unspecified atom stereocenters. The molecule has 0 atom stereocenters. The number of nitrogens with zero attached hydrogens (tertiary/aromatic N) is 1. The molecule has 0 radical (unpaired) electrons. The molecule has 0 aliphatic carbocycles. The minimum Gasteiger partial charge on any atom is -0.317 e. The van der Waals surface area contributed by atoms with Gasteiger partial charge >= 0.3 is 6.30 Å². The molecule has 6 heteroatoms. The Balaban J connectivity index is 2.16. The van der Waals surface area contributed by atoms with Crippen molar-refractivity contribution in [2.75, 3.05) is 19.6 Å². The lowest BCUT2D eigenvalue weighted by molar-refractivity contribution is -0.236. The summed E-state index contributed by atoms with van der Waals surface area (Å²) in [4.78, 5) is 11.8. The predicted molar refractivity (Wildman–Crippen MR) is 46.9 cm³/mol. The molecule has 2 aliphatic heterocycles. The number of piperidine rings is 1. The van der Waals surface area contributed by atoms with E-state index in [2.05, 4.69) is 5.32 Å². The normalized spacial score (nSPS) is 26.3. The van der Waals surface area contributed by atoms with E-state index in [0.29, 0.717) is 32.4 Å². The molecular formula is C9H13F3N2O. The first-order chi connectivity index (χ1) is 6.96. The second kappa shape index (κ2) is 3.37. The third-order valence-corrected chi connectivity index (χ3v) is 3.38. The van der Waals surface area contributed by atoms with Crippen LogP contribution in [0.15, 0.2) is 0 Å². The Hall–Kier alpha value is -0.780. The van der Waals surface area contributed by atoms with Gasteiger partial charge in [-0.15, -0.1) is 13.2 Å². The Morgan fingerprint density at radius 3 is 2.27 bits per heavy atom. The number of alkyl halides is 3. The summed E-state index contributed by atoms with van der Waals surface area (Å²) in [5.41, 5.74) is -0.735. The van der Waals surface area contributed by atoms with Gasteiger partial charge in [0.2, 0.25) is 5.91 Å². The maximum atomic E-state index is 12.4. The Morgan fingerprint density at radius 2 is 1.80 bits per heavy atom. The Bertz CT molecular complexity index is 271. The van der Waals surface area contributed by atoms with Crippen LogP contribution >= 0.6 is 0 Å². The van der Waals surface area contributed by atoms with Crippen molar-refractivity contribution in [2.24, 2.45) is 5.41 Å². The summed E-state index contributed by atoms with van der Waals surface area (Å²) in [7, 11) is 0. The first-order valence-electron chi connectivity index (χ1n) is 5.05. The third-order valence-electron chi connectivity index (χ3n) is 3.38. The van der Waals surface area contributed by atoms with Crippen molar-refractivity contribution in [2.45, 2.75) is 25.6 Å². The number of carbonyl (C=O) groups excluding carboxylic acids is 1. The van der Waals surface area contributed by atoms with E-state index in [0.717, 1.165) is 0 Å². The summed E-state index contributed by atoms with van der Waals surface area (Å²) in [5, 5.41) is 3.06. The van der Waals surface area contributed by atoms with Crippen molar-refractivity contribution in [3.63, 3.8) is 0 Å². The molecule has 0 aromatic rings. The standard InChI is InChI=1S/C9H13F3N2O/c10-9(11,12)14-6-3-8(7(14)15)1-4-13-5-2-8/h13H,1-6H2. The predicted octanol–water partition coefficient (Wildman–Crippen LogP) is 1.11. The van der Waals surface area contributed by atoms with Crippen LogP contribution in [0.2, 0.25) is 0 Å². The lowest BCUT2D eigenvalue weighted by Crippen LogP contribution is -2.46. The average molecular weight is 222 g/mol. The highest BCUT2D eigenvalue weighted by molar-refractivity contribution is 5.85. The SMILES string of the molecule is O=C1N(C(F)(F)F)CCC12CCNCC2. The number of hydrogen-bond donors (Lipinski definition) is 1. The lowest BCUT2D eigenvalue weighted by Gasteiger charge is -2.32. The maximum absolute atomic E-state index is 12.4. The Morgan fingerprint density at radius 1 is 1.20 bits per heavy atom. The molecule has 0 bridgehead atoms. The largest absolute Gasteiger partial charge is 0.487 e. The first-order valence-corrected chi connectivity index (χ1v) is 5.05. The molecule has 2 saturated heterocycles. The minimum absolute atomic E-state index is 0.0678. The van der Waals surface area contributed by atoms with Crippen LogP contribution in [0.3, 0.4) is 0 Å². The smallest absolute Gasteiger partial charge is 0.317 e. The van der Waals surface area contributed by atoms with E-state index >= 15 is 0 Å². The molecule has 2 rings (SSSR count). The fourth-order valence-corrected chi connectivity index (χ4v) is 2.43. The van der Waals surface area contributed by atoms with E-state index in [9.17, 15) is 18.0 Å². The first kappa shape index (κ1) is 10.7. The third kappa shape index (κ3) is 1.71. The second-order valence-corrected chi connectivity index (χ2v) is 4.20. The van der Waals surface area contributed by atoms with Crippen LogP contribution in [-0.4, -0.2) is 36.7 Å². The molecule has 2 fully saturated rings. The summed E-state index contributed by atoms with van der Waals surface area (Å²) in [6, 6.07) is 0. The zero-order valence-corrected chi connectivity index (χ0v) is 8.23. The minimum atomic E-state index is -4.51. The van der Waals surface area contributed by atoms with Gasteiger partial charge in [0.15, 0.2) is 0 Å². The van der Waals surface area contributed by atoms with E-state index in [-0.39, 0.29) is 11.4 Å². The summed E-state index contributed by atoms with van der Waals surface area (Å²) >= 11 is 0. The topological polar surface area (TPSA) is 32.3 Å². The zero-order valence-electron chi connectivity index (χ0n) is 8.23.